The lowest BCUT2D eigenvalue weighted by atomic mass is 10.1. The lowest BCUT2D eigenvalue weighted by Gasteiger charge is -2.22. The Hall–Kier alpha value is -0.590. The number of aryl methyl sites for hydroxylation is 1. The van der Waals surface area contributed by atoms with Crippen LogP contribution in [-0.4, -0.2) is 22.4 Å². The molecule has 5 heteroatoms. The van der Waals surface area contributed by atoms with Crippen LogP contribution < -0.4 is 0 Å². The number of nitrogens with zero attached hydrogens (tertiary/aromatic N) is 2. The Kier molecular flexibility index (Phi) is 3.75. The Balaban J connectivity index is 2.99. The van der Waals surface area contributed by atoms with E-state index in [1.807, 2.05) is 13.1 Å². The molecule has 15 heavy (non-hydrogen) atoms. The van der Waals surface area contributed by atoms with Gasteiger partial charge in [0.2, 0.25) is 0 Å². The monoisotopic (exact) mass is 322 g/mol. The zero-order chi connectivity index (χ0) is 11.6. The maximum Gasteiger partial charge on any atom is 0.333 e. The number of hydrogen-bond donors (Lipinski definition) is 0. The van der Waals surface area contributed by atoms with E-state index < -0.39 is 5.54 Å². The van der Waals surface area contributed by atoms with Crippen LogP contribution in [0.4, 0.5) is 0 Å². The first-order chi connectivity index (χ1) is 6.89. The molecule has 0 aliphatic heterocycles. The smallest absolute Gasteiger partial charge is 0.333 e. The third-order valence-electron chi connectivity index (χ3n) is 2.19. The first kappa shape index (κ1) is 12.5. The van der Waals surface area contributed by atoms with Gasteiger partial charge in [-0.05, 0) is 50.3 Å². The number of aromatic nitrogens is 2. The molecule has 0 bridgehead atoms. The number of halogens is 1. The summed E-state index contributed by atoms with van der Waals surface area (Å²) in [7, 11) is 0. The molecule has 0 aliphatic carbocycles. The topological polar surface area (TPSA) is 44.1 Å². The summed E-state index contributed by atoms with van der Waals surface area (Å²) in [6.07, 6.45) is 1.85. The molecule has 1 aromatic heterocycles. The van der Waals surface area contributed by atoms with Crippen molar-refractivity contribution >= 4 is 28.6 Å². The fourth-order valence-corrected chi connectivity index (χ4v) is 1.50. The van der Waals surface area contributed by atoms with Crippen molar-refractivity contribution in [2.75, 3.05) is 6.61 Å². The molecule has 0 aliphatic rings. The van der Waals surface area contributed by atoms with E-state index in [0.29, 0.717) is 6.61 Å². The summed E-state index contributed by atoms with van der Waals surface area (Å²) in [4.78, 5) is 11.7. The zero-order valence-corrected chi connectivity index (χ0v) is 11.5. The van der Waals surface area contributed by atoms with Gasteiger partial charge in [-0.1, -0.05) is 0 Å². The van der Waals surface area contributed by atoms with Crippen molar-refractivity contribution in [2.45, 2.75) is 33.2 Å². The van der Waals surface area contributed by atoms with E-state index in [2.05, 4.69) is 27.7 Å². The quantitative estimate of drug-likeness (QED) is 0.632. The predicted octanol–water partition coefficient (Wildman–Crippen LogP) is 2.09. The average Bonchev–Trinajstić information content (AvgIpc) is 2.48. The first-order valence-electron chi connectivity index (χ1n) is 4.79. The van der Waals surface area contributed by atoms with E-state index in [9.17, 15) is 4.79 Å². The maximum absolute atomic E-state index is 11.7. The summed E-state index contributed by atoms with van der Waals surface area (Å²) in [5.41, 5.74) is 0.178. The Labute approximate surface area is 103 Å². The van der Waals surface area contributed by atoms with Crippen LogP contribution >= 0.6 is 22.6 Å². The average molecular weight is 322 g/mol. The summed E-state index contributed by atoms with van der Waals surface area (Å²) in [6.45, 7) is 7.70. The molecule has 0 aromatic carbocycles. The van der Waals surface area contributed by atoms with Crippen LogP contribution in [0.2, 0.25) is 0 Å². The van der Waals surface area contributed by atoms with E-state index in [0.717, 1.165) is 9.26 Å². The van der Waals surface area contributed by atoms with Gasteiger partial charge < -0.3 is 4.74 Å². The van der Waals surface area contributed by atoms with Gasteiger partial charge in [0.25, 0.3) is 0 Å². The first-order valence-corrected chi connectivity index (χ1v) is 5.87. The van der Waals surface area contributed by atoms with Crippen LogP contribution in [0.15, 0.2) is 6.20 Å². The molecule has 0 saturated heterocycles. The minimum atomic E-state index is -0.746. The molecule has 1 rings (SSSR count). The van der Waals surface area contributed by atoms with E-state index in [-0.39, 0.29) is 5.97 Å². The molecule has 1 aromatic rings. The number of rotatable bonds is 3. The van der Waals surface area contributed by atoms with Gasteiger partial charge in [0.05, 0.1) is 15.9 Å². The fraction of sp³-hybridized carbons (Fsp3) is 0.600. The number of carbonyl (C=O) groups is 1. The van der Waals surface area contributed by atoms with Crippen LogP contribution in [0, 0.1) is 10.5 Å². The second-order valence-corrected chi connectivity index (χ2v) is 4.95. The van der Waals surface area contributed by atoms with Gasteiger partial charge in [0.15, 0.2) is 5.54 Å². The molecule has 0 N–H and O–H groups in total. The lowest BCUT2D eigenvalue weighted by Crippen LogP contribution is -2.37. The minimum Gasteiger partial charge on any atom is -0.464 e. The molecule has 4 nitrogen and oxygen atoms in total. The number of esters is 1. The minimum absolute atomic E-state index is 0.260. The Morgan fingerprint density at radius 2 is 2.27 bits per heavy atom. The molecule has 0 saturated carbocycles. The van der Waals surface area contributed by atoms with Gasteiger partial charge in [0, 0.05) is 6.20 Å². The van der Waals surface area contributed by atoms with Gasteiger partial charge in [0.1, 0.15) is 0 Å². The van der Waals surface area contributed by atoms with E-state index in [4.69, 9.17) is 4.74 Å². The molecule has 1 heterocycles. The van der Waals surface area contributed by atoms with Crippen molar-refractivity contribution < 1.29 is 9.53 Å². The predicted molar refractivity (Wildman–Crippen MR) is 65.6 cm³/mol. The summed E-state index contributed by atoms with van der Waals surface area (Å²) < 4.78 is 7.71. The molecule has 0 amide bonds. The number of carbonyl (C=O) groups excluding carboxylic acids is 1. The standard InChI is InChI=1S/C10H15IN2O2/c1-5-15-9(14)10(3,4)13-6-8(11)7(2)12-13/h6H,5H2,1-4H3. The Morgan fingerprint density at radius 1 is 1.67 bits per heavy atom. The molecule has 0 fully saturated rings. The summed E-state index contributed by atoms with van der Waals surface area (Å²) >= 11 is 2.19. The second-order valence-electron chi connectivity index (χ2n) is 3.79. The highest BCUT2D eigenvalue weighted by Gasteiger charge is 2.32. The van der Waals surface area contributed by atoms with Crippen LogP contribution in [-0.2, 0) is 15.1 Å². The van der Waals surface area contributed by atoms with Crippen molar-refractivity contribution in [1.29, 1.82) is 0 Å². The summed E-state index contributed by atoms with van der Waals surface area (Å²) in [6, 6.07) is 0. The highest BCUT2D eigenvalue weighted by molar-refractivity contribution is 14.1. The van der Waals surface area contributed by atoms with Crippen molar-refractivity contribution in [3.8, 4) is 0 Å². The van der Waals surface area contributed by atoms with Crippen molar-refractivity contribution in [1.82, 2.24) is 9.78 Å². The van der Waals surface area contributed by atoms with E-state index in [1.54, 1.807) is 25.5 Å². The van der Waals surface area contributed by atoms with Crippen LogP contribution in [0.1, 0.15) is 26.5 Å². The van der Waals surface area contributed by atoms with Crippen LogP contribution in [0.5, 0.6) is 0 Å². The molecule has 0 spiro atoms. The van der Waals surface area contributed by atoms with E-state index >= 15 is 0 Å². The molecule has 0 atom stereocenters. The summed E-state index contributed by atoms with van der Waals surface area (Å²) in [5.74, 6) is -0.260. The molecular weight excluding hydrogens is 307 g/mol. The molecule has 0 unspecified atom stereocenters. The third-order valence-corrected chi connectivity index (χ3v) is 3.25. The largest absolute Gasteiger partial charge is 0.464 e. The van der Waals surface area contributed by atoms with Gasteiger partial charge in [-0.25, -0.2) is 4.79 Å². The zero-order valence-electron chi connectivity index (χ0n) is 9.37. The van der Waals surface area contributed by atoms with E-state index in [1.165, 1.54) is 0 Å². The van der Waals surface area contributed by atoms with Crippen LogP contribution in [0.3, 0.4) is 0 Å². The molecule has 84 valence electrons. The number of hydrogen-bond acceptors (Lipinski definition) is 3. The molecule has 0 radical (unpaired) electrons. The Morgan fingerprint density at radius 3 is 2.67 bits per heavy atom. The number of ether oxygens (including phenoxy) is 1. The third kappa shape index (κ3) is 2.50. The maximum atomic E-state index is 11.7. The SMILES string of the molecule is CCOC(=O)C(C)(C)n1cc(I)c(C)n1. The second kappa shape index (κ2) is 4.51. The Bertz CT molecular complexity index is 352. The van der Waals surface area contributed by atoms with Crippen LogP contribution in [0.25, 0.3) is 0 Å². The van der Waals surface area contributed by atoms with Gasteiger partial charge in [-0.2, -0.15) is 5.10 Å². The fourth-order valence-electron chi connectivity index (χ4n) is 1.13. The highest BCUT2D eigenvalue weighted by Crippen LogP contribution is 2.19. The van der Waals surface area contributed by atoms with Crippen molar-refractivity contribution in [3.63, 3.8) is 0 Å². The van der Waals surface area contributed by atoms with Gasteiger partial charge in [-0.3, -0.25) is 4.68 Å². The van der Waals surface area contributed by atoms with Gasteiger partial charge >= 0.3 is 5.97 Å². The summed E-state index contributed by atoms with van der Waals surface area (Å²) in [5, 5.41) is 4.29. The molecular formula is C10H15IN2O2. The van der Waals surface area contributed by atoms with Gasteiger partial charge in [-0.15, -0.1) is 0 Å². The lowest BCUT2D eigenvalue weighted by molar-refractivity contribution is -0.152. The highest BCUT2D eigenvalue weighted by atomic mass is 127. The normalized spacial score (nSPS) is 11.5. The van der Waals surface area contributed by atoms with Crippen molar-refractivity contribution in [2.24, 2.45) is 0 Å². The van der Waals surface area contributed by atoms with Crippen molar-refractivity contribution in [3.05, 3.63) is 15.5 Å².